The molecule has 5 heteroatoms. The topological polar surface area (TPSA) is 37.8 Å². The Kier molecular flexibility index (Phi) is 5.13. The normalized spacial score (nSPS) is 32.4. The number of pyridine rings is 1. The lowest BCUT2D eigenvalue weighted by atomic mass is 9.94. The molecule has 0 aromatic carbocycles. The number of hydrogen-bond acceptors (Lipinski definition) is 5. The molecule has 3 fully saturated rings. The first-order chi connectivity index (χ1) is 11.8. The summed E-state index contributed by atoms with van der Waals surface area (Å²) in [5.74, 6) is 0.657. The lowest BCUT2D eigenvalue weighted by Crippen LogP contribution is -2.44. The Hall–Kier alpha value is -1.01. The van der Waals surface area contributed by atoms with Crippen molar-refractivity contribution in [3.63, 3.8) is 0 Å². The van der Waals surface area contributed by atoms with E-state index in [1.54, 1.807) is 0 Å². The molecule has 0 amide bonds. The molecule has 24 heavy (non-hydrogen) atoms. The van der Waals surface area contributed by atoms with Crippen LogP contribution in [0, 0.1) is 5.92 Å². The molecule has 4 heterocycles. The van der Waals surface area contributed by atoms with Crippen LogP contribution in [0.2, 0.25) is 0 Å². The maximum absolute atomic E-state index is 6.34. The number of rotatable bonds is 4. The SMILES string of the molecule is c1cncc(CN2CCOC[C@]3(C[C@@H](CN4CCCC4)CO3)C2)c1. The summed E-state index contributed by atoms with van der Waals surface area (Å²) in [6, 6.07) is 4.16. The van der Waals surface area contributed by atoms with Crippen molar-refractivity contribution in [1.82, 2.24) is 14.8 Å². The van der Waals surface area contributed by atoms with E-state index < -0.39 is 0 Å². The number of ether oxygens (including phenoxy) is 2. The predicted molar refractivity (Wildman–Crippen MR) is 92.8 cm³/mol. The highest BCUT2D eigenvalue weighted by atomic mass is 16.5. The van der Waals surface area contributed by atoms with Crippen LogP contribution in [0.4, 0.5) is 0 Å². The van der Waals surface area contributed by atoms with Crippen LogP contribution >= 0.6 is 0 Å². The molecule has 4 rings (SSSR count). The molecule has 3 aliphatic rings. The summed E-state index contributed by atoms with van der Waals surface area (Å²) in [5.41, 5.74) is 1.16. The number of likely N-dealkylation sites (tertiary alicyclic amines) is 1. The highest BCUT2D eigenvalue weighted by molar-refractivity contribution is 5.08. The molecule has 5 nitrogen and oxygen atoms in total. The van der Waals surface area contributed by atoms with Crippen molar-refractivity contribution < 1.29 is 9.47 Å². The Bertz CT molecular complexity index is 521. The summed E-state index contributed by atoms with van der Waals surface area (Å²) in [4.78, 5) is 9.32. The molecule has 0 unspecified atom stereocenters. The molecule has 1 aromatic heterocycles. The molecule has 3 aliphatic heterocycles. The third-order valence-electron chi connectivity index (χ3n) is 5.56. The fourth-order valence-electron chi connectivity index (χ4n) is 4.47. The summed E-state index contributed by atoms with van der Waals surface area (Å²) in [7, 11) is 0. The van der Waals surface area contributed by atoms with E-state index in [1.165, 1.54) is 38.0 Å². The molecular formula is C19H29N3O2. The standard InChI is InChI=1S/C19H29N3O2/c1-2-7-21(6-1)13-18-10-19(24-14-18)15-22(8-9-23-16-19)12-17-4-3-5-20-11-17/h3-5,11,18H,1-2,6-10,12-16H2/t18-,19-/m0/s1. The van der Waals surface area contributed by atoms with Crippen molar-refractivity contribution in [1.29, 1.82) is 0 Å². The highest BCUT2D eigenvalue weighted by Gasteiger charge is 2.43. The molecule has 0 N–H and O–H groups in total. The van der Waals surface area contributed by atoms with E-state index in [1.807, 2.05) is 18.5 Å². The van der Waals surface area contributed by atoms with Gasteiger partial charge in [-0.05, 0) is 49.9 Å². The molecule has 0 saturated carbocycles. The van der Waals surface area contributed by atoms with Crippen molar-refractivity contribution in [2.24, 2.45) is 5.92 Å². The third kappa shape index (κ3) is 3.97. The molecule has 0 aliphatic carbocycles. The zero-order valence-electron chi connectivity index (χ0n) is 14.5. The summed E-state index contributed by atoms with van der Waals surface area (Å²) in [6.45, 7) is 9.04. The van der Waals surface area contributed by atoms with Crippen LogP contribution in [-0.4, -0.2) is 72.9 Å². The van der Waals surface area contributed by atoms with Gasteiger partial charge in [-0.25, -0.2) is 0 Å². The van der Waals surface area contributed by atoms with Gasteiger partial charge in [0.05, 0.1) is 19.8 Å². The molecule has 0 radical (unpaired) electrons. The minimum Gasteiger partial charge on any atom is -0.377 e. The van der Waals surface area contributed by atoms with Gasteiger partial charge in [-0.3, -0.25) is 9.88 Å². The fraction of sp³-hybridized carbons (Fsp3) is 0.737. The summed E-state index contributed by atoms with van der Waals surface area (Å²) >= 11 is 0. The monoisotopic (exact) mass is 331 g/mol. The number of aromatic nitrogens is 1. The summed E-state index contributed by atoms with van der Waals surface area (Å²) in [5, 5.41) is 0. The van der Waals surface area contributed by atoms with Gasteiger partial charge in [0.1, 0.15) is 5.60 Å². The quantitative estimate of drug-likeness (QED) is 0.841. The minimum absolute atomic E-state index is 0.108. The van der Waals surface area contributed by atoms with Crippen molar-refractivity contribution >= 4 is 0 Å². The van der Waals surface area contributed by atoms with Crippen LogP contribution < -0.4 is 0 Å². The largest absolute Gasteiger partial charge is 0.377 e. The second kappa shape index (κ2) is 7.48. The highest BCUT2D eigenvalue weighted by Crippen LogP contribution is 2.34. The average molecular weight is 331 g/mol. The maximum Gasteiger partial charge on any atom is 0.104 e. The Morgan fingerprint density at radius 3 is 2.96 bits per heavy atom. The molecule has 0 bridgehead atoms. The predicted octanol–water partition coefficient (Wildman–Crippen LogP) is 1.78. The van der Waals surface area contributed by atoms with Gasteiger partial charge >= 0.3 is 0 Å². The maximum atomic E-state index is 6.34. The second-order valence-electron chi connectivity index (χ2n) is 7.70. The Balaban J connectivity index is 1.37. The van der Waals surface area contributed by atoms with Crippen molar-refractivity contribution in [3.8, 4) is 0 Å². The van der Waals surface area contributed by atoms with E-state index in [-0.39, 0.29) is 5.60 Å². The lowest BCUT2D eigenvalue weighted by Gasteiger charge is -2.31. The molecule has 1 spiro atoms. The molecule has 3 saturated heterocycles. The number of nitrogens with zero attached hydrogens (tertiary/aromatic N) is 3. The Labute approximate surface area is 144 Å². The molecule has 1 aromatic rings. The van der Waals surface area contributed by atoms with Gasteiger partial charge in [0.15, 0.2) is 0 Å². The molecule has 2 atom stereocenters. The molecule has 132 valence electrons. The summed E-state index contributed by atoms with van der Waals surface area (Å²) in [6.07, 6.45) is 7.65. The first kappa shape index (κ1) is 16.5. The summed E-state index contributed by atoms with van der Waals surface area (Å²) < 4.78 is 12.3. The second-order valence-corrected chi connectivity index (χ2v) is 7.70. The Morgan fingerprint density at radius 1 is 1.21 bits per heavy atom. The first-order valence-electron chi connectivity index (χ1n) is 9.37. The van der Waals surface area contributed by atoms with Gasteiger partial charge in [-0.2, -0.15) is 0 Å². The first-order valence-corrected chi connectivity index (χ1v) is 9.37. The van der Waals surface area contributed by atoms with Crippen LogP contribution in [-0.2, 0) is 16.0 Å². The van der Waals surface area contributed by atoms with E-state index in [0.717, 1.165) is 45.9 Å². The smallest absolute Gasteiger partial charge is 0.104 e. The third-order valence-corrected chi connectivity index (χ3v) is 5.56. The van der Waals surface area contributed by atoms with Gasteiger partial charge < -0.3 is 14.4 Å². The van der Waals surface area contributed by atoms with Gasteiger partial charge in [0, 0.05) is 38.6 Å². The zero-order valence-corrected chi connectivity index (χ0v) is 14.5. The van der Waals surface area contributed by atoms with Gasteiger partial charge in [-0.15, -0.1) is 0 Å². The van der Waals surface area contributed by atoms with E-state index in [4.69, 9.17) is 9.47 Å². The van der Waals surface area contributed by atoms with E-state index in [9.17, 15) is 0 Å². The van der Waals surface area contributed by atoms with E-state index in [0.29, 0.717) is 5.92 Å². The van der Waals surface area contributed by atoms with E-state index >= 15 is 0 Å². The van der Waals surface area contributed by atoms with Crippen LogP contribution in [0.5, 0.6) is 0 Å². The van der Waals surface area contributed by atoms with Crippen molar-refractivity contribution in [3.05, 3.63) is 30.1 Å². The molecular weight excluding hydrogens is 302 g/mol. The van der Waals surface area contributed by atoms with Gasteiger partial charge in [0.2, 0.25) is 0 Å². The van der Waals surface area contributed by atoms with Crippen LogP contribution in [0.1, 0.15) is 24.8 Å². The average Bonchev–Trinajstić information content (AvgIpc) is 3.19. The van der Waals surface area contributed by atoms with Crippen LogP contribution in [0.25, 0.3) is 0 Å². The minimum atomic E-state index is -0.108. The fourth-order valence-corrected chi connectivity index (χ4v) is 4.47. The van der Waals surface area contributed by atoms with E-state index in [2.05, 4.69) is 20.9 Å². The Morgan fingerprint density at radius 2 is 2.12 bits per heavy atom. The van der Waals surface area contributed by atoms with Gasteiger partial charge in [-0.1, -0.05) is 6.07 Å². The zero-order chi connectivity index (χ0) is 16.2. The number of hydrogen-bond donors (Lipinski definition) is 0. The lowest BCUT2D eigenvalue weighted by molar-refractivity contribution is -0.0563. The van der Waals surface area contributed by atoms with Gasteiger partial charge in [0.25, 0.3) is 0 Å². The van der Waals surface area contributed by atoms with Crippen molar-refractivity contribution in [2.75, 3.05) is 52.5 Å². The van der Waals surface area contributed by atoms with Crippen LogP contribution in [0.15, 0.2) is 24.5 Å². The van der Waals surface area contributed by atoms with Crippen molar-refractivity contribution in [2.45, 2.75) is 31.4 Å². The van der Waals surface area contributed by atoms with Crippen LogP contribution in [0.3, 0.4) is 0 Å².